The van der Waals surface area contributed by atoms with Crippen LogP contribution in [0.15, 0.2) is 70.7 Å². The number of rotatable bonds is 6. The number of thioether (sulfide) groups is 1. The number of hydrogen-bond acceptors (Lipinski definition) is 5. The monoisotopic (exact) mass is 410 g/mol. The summed E-state index contributed by atoms with van der Waals surface area (Å²) in [5.74, 6) is 0.503. The maximum atomic E-state index is 12.4. The molecule has 0 unspecified atom stereocenters. The van der Waals surface area contributed by atoms with E-state index in [9.17, 15) is 9.90 Å². The van der Waals surface area contributed by atoms with E-state index in [1.165, 1.54) is 11.0 Å². The Kier molecular flexibility index (Phi) is 6.23. The summed E-state index contributed by atoms with van der Waals surface area (Å²) in [6.45, 7) is 6.66. The molecule has 6 heteroatoms. The van der Waals surface area contributed by atoms with Crippen LogP contribution < -0.4 is 15.0 Å². The van der Waals surface area contributed by atoms with E-state index in [-0.39, 0.29) is 22.6 Å². The Morgan fingerprint density at radius 2 is 2.00 bits per heavy atom. The molecule has 2 aromatic rings. The molecule has 29 heavy (non-hydrogen) atoms. The summed E-state index contributed by atoms with van der Waals surface area (Å²) in [5, 5.41) is 13.9. The average molecular weight is 411 g/mol. The van der Waals surface area contributed by atoms with Crippen molar-refractivity contribution in [2.75, 3.05) is 18.6 Å². The second-order valence-corrected chi connectivity index (χ2v) is 8.85. The van der Waals surface area contributed by atoms with E-state index in [1.807, 2.05) is 24.3 Å². The van der Waals surface area contributed by atoms with Gasteiger partial charge in [-0.25, -0.2) is 0 Å². The van der Waals surface area contributed by atoms with Crippen LogP contribution in [0.4, 0.5) is 5.69 Å². The molecule has 3 rings (SSSR count). The summed E-state index contributed by atoms with van der Waals surface area (Å²) in [6.07, 6.45) is 4.26. The molecule has 1 aliphatic rings. The first-order chi connectivity index (χ1) is 13.8. The normalized spacial score (nSPS) is 15.4. The number of phenols is 1. The van der Waals surface area contributed by atoms with Gasteiger partial charge < -0.3 is 20.1 Å². The molecule has 0 aromatic heterocycles. The van der Waals surface area contributed by atoms with Crippen molar-refractivity contribution in [3.05, 3.63) is 76.3 Å². The quantitative estimate of drug-likeness (QED) is 0.693. The highest BCUT2D eigenvalue weighted by Gasteiger charge is 2.25. The zero-order valence-corrected chi connectivity index (χ0v) is 17.9. The van der Waals surface area contributed by atoms with E-state index in [2.05, 4.69) is 43.3 Å². The number of ether oxygens (including phenoxy) is 1. The number of nitrogens with one attached hydrogen (secondary N) is 1. The summed E-state index contributed by atoms with van der Waals surface area (Å²) >= 11 is 1.70. The first kappa shape index (κ1) is 20.9. The number of methoxy groups -OCH3 is 1. The number of hydrogen-bond donors (Lipinski definition) is 2. The van der Waals surface area contributed by atoms with E-state index in [4.69, 9.17) is 4.74 Å². The smallest absolute Gasteiger partial charge is 0.255 e. The van der Waals surface area contributed by atoms with Gasteiger partial charge in [-0.3, -0.25) is 4.79 Å². The highest BCUT2D eigenvalue weighted by Crippen LogP contribution is 2.41. The minimum absolute atomic E-state index is 0.0171. The van der Waals surface area contributed by atoms with Crippen molar-refractivity contribution in [3.8, 4) is 11.5 Å². The Labute approximate surface area is 176 Å². The Hall–Kier alpha value is -2.86. The molecule has 5 nitrogen and oxygen atoms in total. The highest BCUT2D eigenvalue weighted by atomic mass is 32.2. The average Bonchev–Trinajstić information content (AvgIpc) is 3.06. The summed E-state index contributed by atoms with van der Waals surface area (Å²) in [4.78, 5) is 15.7. The first-order valence-electron chi connectivity index (χ1n) is 9.38. The third kappa shape index (κ3) is 5.15. The molecule has 1 amide bonds. The number of anilines is 1. The van der Waals surface area contributed by atoms with Crippen LogP contribution in [0.3, 0.4) is 0 Å². The van der Waals surface area contributed by atoms with Crippen molar-refractivity contribution in [1.29, 1.82) is 0 Å². The fourth-order valence-electron chi connectivity index (χ4n) is 3.00. The molecule has 0 fully saturated rings. The van der Waals surface area contributed by atoms with E-state index in [1.54, 1.807) is 37.1 Å². The lowest BCUT2D eigenvalue weighted by Crippen LogP contribution is -2.33. The molecule has 0 spiro atoms. The van der Waals surface area contributed by atoms with E-state index in [0.29, 0.717) is 6.54 Å². The summed E-state index contributed by atoms with van der Waals surface area (Å²) < 4.78 is 5.35. The third-order valence-corrected chi connectivity index (χ3v) is 5.46. The topological polar surface area (TPSA) is 61.8 Å². The van der Waals surface area contributed by atoms with Gasteiger partial charge in [-0.1, -0.05) is 43.8 Å². The maximum absolute atomic E-state index is 12.4. The maximum Gasteiger partial charge on any atom is 0.255 e. The minimum atomic E-state index is -0.294. The van der Waals surface area contributed by atoms with Crippen molar-refractivity contribution >= 4 is 23.4 Å². The van der Waals surface area contributed by atoms with Crippen molar-refractivity contribution < 1.29 is 14.6 Å². The largest absolute Gasteiger partial charge is 0.507 e. The lowest BCUT2D eigenvalue weighted by atomic mass is 9.93. The lowest BCUT2D eigenvalue weighted by Gasteiger charge is -2.25. The van der Waals surface area contributed by atoms with Crippen LogP contribution in [0.5, 0.6) is 11.5 Å². The standard InChI is InChI=1S/C23H26N2O3S/c1-16-14-25(17-8-7-9-18(12-17)28-4)21(29-16)13-23(2,3)15-24-22(27)19-10-5-6-11-20(19)26/h5-14,26H,15H2,1-4H3,(H,24,27). The molecule has 0 bridgehead atoms. The van der Waals surface area contributed by atoms with Crippen LogP contribution in [-0.4, -0.2) is 24.7 Å². The van der Waals surface area contributed by atoms with Gasteiger partial charge in [-0.2, -0.15) is 0 Å². The molecule has 1 heterocycles. The van der Waals surface area contributed by atoms with Crippen LogP contribution in [0.25, 0.3) is 0 Å². The van der Waals surface area contributed by atoms with Crippen molar-refractivity contribution in [1.82, 2.24) is 5.32 Å². The second-order valence-electron chi connectivity index (χ2n) is 7.58. The minimum Gasteiger partial charge on any atom is -0.507 e. The van der Waals surface area contributed by atoms with E-state index >= 15 is 0 Å². The number of carbonyl (C=O) groups excluding carboxylic acids is 1. The highest BCUT2D eigenvalue weighted by molar-refractivity contribution is 8.07. The molecule has 0 radical (unpaired) electrons. The van der Waals surface area contributed by atoms with Gasteiger partial charge in [-0.05, 0) is 37.3 Å². The molecular weight excluding hydrogens is 384 g/mol. The molecule has 1 aliphatic heterocycles. The number of phenolic OH excluding ortho intramolecular Hbond substituents is 1. The zero-order chi connectivity index (χ0) is 21.0. The molecular formula is C23H26N2O3S. The summed E-state index contributed by atoms with van der Waals surface area (Å²) in [5.41, 5.74) is 1.01. The molecule has 0 atom stereocenters. The fourth-order valence-corrected chi connectivity index (χ4v) is 4.12. The Balaban J connectivity index is 1.76. The fraction of sp³-hybridized carbons (Fsp3) is 0.261. The van der Waals surface area contributed by atoms with Crippen LogP contribution in [-0.2, 0) is 0 Å². The van der Waals surface area contributed by atoms with Crippen LogP contribution in [0, 0.1) is 5.41 Å². The molecule has 0 saturated carbocycles. The van der Waals surface area contributed by atoms with Crippen LogP contribution in [0.1, 0.15) is 31.1 Å². The predicted octanol–water partition coefficient (Wildman–Crippen LogP) is 5.11. The number of benzene rings is 2. The molecule has 2 N–H and O–H groups in total. The predicted molar refractivity (Wildman–Crippen MR) is 119 cm³/mol. The first-order valence-corrected chi connectivity index (χ1v) is 10.2. The molecule has 0 saturated heterocycles. The van der Waals surface area contributed by atoms with Crippen LogP contribution >= 0.6 is 11.8 Å². The second kappa shape index (κ2) is 8.66. The van der Waals surface area contributed by atoms with Gasteiger partial charge in [-0.15, -0.1) is 0 Å². The number of nitrogens with zero attached hydrogens (tertiary/aromatic N) is 1. The van der Waals surface area contributed by atoms with Crippen molar-refractivity contribution in [2.24, 2.45) is 5.41 Å². The number of para-hydroxylation sites is 1. The number of allylic oxidation sites excluding steroid dienone is 1. The summed E-state index contributed by atoms with van der Waals surface area (Å²) in [7, 11) is 1.66. The Bertz CT molecular complexity index is 966. The van der Waals surface area contributed by atoms with Gasteiger partial charge in [0, 0.05) is 34.8 Å². The molecule has 2 aromatic carbocycles. The molecule has 152 valence electrons. The zero-order valence-electron chi connectivity index (χ0n) is 17.1. The SMILES string of the molecule is COc1cccc(N2C=C(C)SC2=CC(C)(C)CNC(=O)c2ccccc2O)c1. The van der Waals surface area contributed by atoms with Gasteiger partial charge in [0.15, 0.2) is 0 Å². The van der Waals surface area contributed by atoms with Gasteiger partial charge in [0.05, 0.1) is 17.7 Å². The molecule has 0 aliphatic carbocycles. The lowest BCUT2D eigenvalue weighted by molar-refractivity contribution is 0.0940. The number of amides is 1. The number of aromatic hydroxyl groups is 1. The van der Waals surface area contributed by atoms with Gasteiger partial charge >= 0.3 is 0 Å². The van der Waals surface area contributed by atoms with Crippen molar-refractivity contribution in [3.63, 3.8) is 0 Å². The summed E-state index contributed by atoms with van der Waals surface area (Å²) in [6, 6.07) is 14.5. The van der Waals surface area contributed by atoms with Gasteiger partial charge in [0.25, 0.3) is 5.91 Å². The van der Waals surface area contributed by atoms with Crippen LogP contribution in [0.2, 0.25) is 0 Å². The van der Waals surface area contributed by atoms with E-state index < -0.39 is 0 Å². The Morgan fingerprint density at radius 1 is 1.24 bits per heavy atom. The van der Waals surface area contributed by atoms with Gasteiger partial charge in [0.1, 0.15) is 11.5 Å². The van der Waals surface area contributed by atoms with E-state index in [0.717, 1.165) is 16.5 Å². The van der Waals surface area contributed by atoms with Gasteiger partial charge in [0.2, 0.25) is 0 Å². The van der Waals surface area contributed by atoms with Crippen molar-refractivity contribution in [2.45, 2.75) is 20.8 Å². The third-order valence-electron chi connectivity index (χ3n) is 4.51. The Morgan fingerprint density at radius 3 is 2.72 bits per heavy atom. The number of carbonyl (C=O) groups is 1.